The predicted octanol–water partition coefficient (Wildman–Crippen LogP) is -3.16. The molecule has 0 aliphatic carbocycles. The second-order valence-corrected chi connectivity index (χ2v) is 2.86. The Morgan fingerprint density at radius 1 is 1.08 bits per heavy atom. The van der Waals surface area contributed by atoms with Crippen molar-refractivity contribution in [2.45, 2.75) is 11.4 Å². The van der Waals surface area contributed by atoms with E-state index >= 15 is 0 Å². The smallest absolute Gasteiger partial charge is 0.793 e. The van der Waals surface area contributed by atoms with E-state index < -0.39 is 21.6 Å². The van der Waals surface area contributed by atoms with Crippen LogP contribution in [-0.4, -0.2) is 19.8 Å². The van der Waals surface area contributed by atoms with E-state index in [4.69, 9.17) is 5.11 Å². The zero-order valence-corrected chi connectivity index (χ0v) is 9.46. The molecule has 0 unspecified atom stereocenters. The summed E-state index contributed by atoms with van der Waals surface area (Å²) in [5.41, 5.74) is 0. The summed E-state index contributed by atoms with van der Waals surface area (Å²) in [7, 11) is -6.86. The monoisotopic (exact) mass is 238 g/mol. The molecule has 0 saturated carbocycles. The molecule has 68 valence electrons. The Hall–Kier alpha value is 1.20. The van der Waals surface area contributed by atoms with Crippen molar-refractivity contribution in [1.29, 1.82) is 0 Å². The zero-order valence-electron chi connectivity index (χ0n) is 5.52. The molecule has 0 heterocycles. The van der Waals surface area contributed by atoms with Crippen LogP contribution in [0, 0.1) is 0 Å². The molecule has 0 aliphatic rings. The molecular formula is C2F5KO3S. The minimum absolute atomic E-state index is 0. The van der Waals surface area contributed by atoms with Gasteiger partial charge >= 0.3 is 66.9 Å². The Labute approximate surface area is 107 Å². The average Bonchev–Trinajstić information content (AvgIpc) is 1.58. The standard InChI is InChI=1S/C2F5O3S.K/c3-1(4,8)2(5,6)11(7,9)10;/q-1;+1. The van der Waals surface area contributed by atoms with Crippen molar-refractivity contribution in [2.24, 2.45) is 0 Å². The fraction of sp³-hybridized carbons (Fsp3) is 1.00. The summed E-state index contributed by atoms with van der Waals surface area (Å²) in [4.78, 5) is 0. The van der Waals surface area contributed by atoms with Crippen LogP contribution < -0.4 is 56.5 Å². The Kier molecular flexibility index (Phi) is 5.41. The van der Waals surface area contributed by atoms with E-state index in [-0.39, 0.29) is 51.4 Å². The van der Waals surface area contributed by atoms with Crippen molar-refractivity contribution in [2.75, 3.05) is 0 Å². The molecule has 0 fully saturated rings. The largest absolute Gasteiger partial charge is 1.00 e. The van der Waals surface area contributed by atoms with Gasteiger partial charge in [0.25, 0.3) is 6.11 Å². The second kappa shape index (κ2) is 4.15. The maximum absolute atomic E-state index is 11.4. The first-order valence-corrected chi connectivity index (χ1v) is 3.29. The van der Waals surface area contributed by atoms with Crippen LogP contribution in [0.25, 0.3) is 0 Å². The van der Waals surface area contributed by atoms with Crippen LogP contribution in [0.3, 0.4) is 0 Å². The molecular weight excluding hydrogens is 238 g/mol. The van der Waals surface area contributed by atoms with E-state index in [0.717, 1.165) is 0 Å². The maximum Gasteiger partial charge on any atom is 1.00 e. The first-order chi connectivity index (χ1) is 4.50. The van der Waals surface area contributed by atoms with Gasteiger partial charge in [-0.15, -0.1) is 0 Å². The van der Waals surface area contributed by atoms with Crippen molar-refractivity contribution in [1.82, 2.24) is 0 Å². The molecule has 0 rings (SSSR count). The average molecular weight is 238 g/mol. The molecule has 3 nitrogen and oxygen atoms in total. The van der Waals surface area contributed by atoms with Crippen molar-refractivity contribution in [3.05, 3.63) is 0 Å². The predicted molar refractivity (Wildman–Crippen MR) is 19.9 cm³/mol. The third kappa shape index (κ3) is 3.16. The number of rotatable bonds is 2. The summed E-state index contributed by atoms with van der Waals surface area (Å²) < 4.78 is 74.6. The van der Waals surface area contributed by atoms with Crippen LogP contribution in [0.15, 0.2) is 0 Å². The van der Waals surface area contributed by atoms with Crippen LogP contribution in [0.5, 0.6) is 0 Å². The number of hydrogen-bond acceptors (Lipinski definition) is 3. The summed E-state index contributed by atoms with van der Waals surface area (Å²) in [5, 5.41) is 2.86. The van der Waals surface area contributed by atoms with E-state index in [2.05, 4.69) is 0 Å². The number of alkyl halides is 4. The minimum Gasteiger partial charge on any atom is -0.793 e. The van der Waals surface area contributed by atoms with E-state index in [1.807, 2.05) is 0 Å². The first kappa shape index (κ1) is 15.7. The van der Waals surface area contributed by atoms with Crippen LogP contribution in [0.1, 0.15) is 0 Å². The molecule has 0 aromatic rings. The van der Waals surface area contributed by atoms with Gasteiger partial charge in [-0.2, -0.15) is 17.2 Å². The van der Waals surface area contributed by atoms with Gasteiger partial charge in [0.05, 0.1) is 0 Å². The molecule has 0 atom stereocenters. The van der Waals surface area contributed by atoms with Gasteiger partial charge in [0, 0.05) is 0 Å². The minimum atomic E-state index is -6.86. The number of halogens is 5. The van der Waals surface area contributed by atoms with Crippen molar-refractivity contribution >= 4 is 10.2 Å². The van der Waals surface area contributed by atoms with E-state index in [9.17, 15) is 29.9 Å². The van der Waals surface area contributed by atoms with Gasteiger partial charge in [0.1, 0.15) is 0 Å². The number of hydrogen-bond donors (Lipinski definition) is 0. The topological polar surface area (TPSA) is 57.2 Å². The van der Waals surface area contributed by atoms with Crippen LogP contribution >= 0.6 is 0 Å². The van der Waals surface area contributed by atoms with Gasteiger partial charge in [0.15, 0.2) is 0 Å². The third-order valence-corrected chi connectivity index (χ3v) is 1.50. The van der Waals surface area contributed by atoms with Crippen LogP contribution in [0.4, 0.5) is 21.4 Å². The van der Waals surface area contributed by atoms with Gasteiger partial charge in [-0.3, -0.25) is 0 Å². The van der Waals surface area contributed by atoms with Gasteiger partial charge in [-0.1, -0.05) is 3.89 Å². The molecule has 0 amide bonds. The Balaban J connectivity index is 0. The van der Waals surface area contributed by atoms with E-state index in [1.165, 1.54) is 0 Å². The second-order valence-electron chi connectivity index (χ2n) is 1.47. The Morgan fingerprint density at radius 2 is 1.33 bits per heavy atom. The molecule has 12 heavy (non-hydrogen) atoms. The maximum atomic E-state index is 11.4. The molecule has 0 bridgehead atoms. The Morgan fingerprint density at radius 3 is 1.33 bits per heavy atom. The molecule has 0 N–H and O–H groups in total. The summed E-state index contributed by atoms with van der Waals surface area (Å²) in [5.74, 6) is 0. The summed E-state index contributed by atoms with van der Waals surface area (Å²) in [6, 6.07) is 0. The first-order valence-electron chi connectivity index (χ1n) is 1.90. The summed E-state index contributed by atoms with van der Waals surface area (Å²) >= 11 is 0. The fourth-order valence-corrected chi connectivity index (χ4v) is 0.426. The summed E-state index contributed by atoms with van der Waals surface area (Å²) in [6.07, 6.45) is -6.17. The molecule has 0 aromatic carbocycles. The fourth-order valence-electron chi connectivity index (χ4n) is 0.142. The van der Waals surface area contributed by atoms with E-state index in [0.29, 0.717) is 0 Å². The molecule has 0 radical (unpaired) electrons. The van der Waals surface area contributed by atoms with Crippen molar-refractivity contribution < 1.29 is 86.4 Å². The molecule has 0 aromatic heterocycles. The normalized spacial score (nSPS) is 13.8. The quantitative estimate of drug-likeness (QED) is 0.290. The van der Waals surface area contributed by atoms with Gasteiger partial charge < -0.3 is 5.11 Å². The zero-order chi connectivity index (χ0) is 9.50. The third-order valence-electron chi connectivity index (χ3n) is 0.645. The van der Waals surface area contributed by atoms with Gasteiger partial charge in [-0.05, 0) is 0 Å². The molecule has 10 heteroatoms. The van der Waals surface area contributed by atoms with E-state index in [1.54, 1.807) is 0 Å². The van der Waals surface area contributed by atoms with Crippen molar-refractivity contribution in [3.8, 4) is 0 Å². The molecule has 0 aliphatic heterocycles. The van der Waals surface area contributed by atoms with Crippen LogP contribution in [-0.2, 0) is 10.2 Å². The SMILES string of the molecule is O=S(=O)(F)C(F)(F)C([O-])(F)F.[K+]. The van der Waals surface area contributed by atoms with Crippen LogP contribution in [0.2, 0.25) is 0 Å². The van der Waals surface area contributed by atoms with Gasteiger partial charge in [0.2, 0.25) is 0 Å². The summed E-state index contributed by atoms with van der Waals surface area (Å²) in [6.45, 7) is 0. The molecule has 0 spiro atoms. The molecule has 0 saturated heterocycles. The van der Waals surface area contributed by atoms with Crippen molar-refractivity contribution in [3.63, 3.8) is 0 Å². The van der Waals surface area contributed by atoms with Gasteiger partial charge in [-0.25, -0.2) is 8.78 Å². The Bertz CT molecular complexity index is 242.